The summed E-state index contributed by atoms with van der Waals surface area (Å²) in [6.07, 6.45) is 2.73. The van der Waals surface area contributed by atoms with Crippen molar-refractivity contribution in [3.8, 4) is 0 Å². The molecule has 0 aromatic carbocycles. The summed E-state index contributed by atoms with van der Waals surface area (Å²) in [7, 11) is 0. The van der Waals surface area contributed by atoms with Gasteiger partial charge in [-0.2, -0.15) is 5.10 Å². The van der Waals surface area contributed by atoms with Crippen LogP contribution in [0.5, 0.6) is 0 Å². The number of H-pyrrole nitrogens is 1. The van der Waals surface area contributed by atoms with Crippen LogP contribution in [-0.4, -0.2) is 21.7 Å². The predicted octanol–water partition coefficient (Wildman–Crippen LogP) is 0.304. The van der Waals surface area contributed by atoms with Crippen LogP contribution in [0, 0.1) is 0 Å². The molecule has 0 saturated carbocycles. The molecule has 10 heavy (non-hydrogen) atoms. The third-order valence-electron chi connectivity index (χ3n) is 1.17. The Labute approximate surface area is 60.1 Å². The van der Waals surface area contributed by atoms with Crippen LogP contribution >= 0.6 is 0 Å². The van der Waals surface area contributed by atoms with Crippen LogP contribution in [0.3, 0.4) is 0 Å². The maximum atomic E-state index is 3.96. The Morgan fingerprint density at radius 1 is 1.70 bits per heavy atom. The lowest BCUT2D eigenvalue weighted by Gasteiger charge is -1.95. The Kier molecular flexibility index (Phi) is 2.89. The van der Waals surface area contributed by atoms with Crippen LogP contribution in [0.15, 0.2) is 6.33 Å². The molecule has 0 bridgehead atoms. The summed E-state index contributed by atoms with van der Waals surface area (Å²) in [5.74, 6) is 0.827. The summed E-state index contributed by atoms with van der Waals surface area (Å²) < 4.78 is 0. The lowest BCUT2D eigenvalue weighted by atomic mass is 10.5. The van der Waals surface area contributed by atoms with Gasteiger partial charge < -0.3 is 5.32 Å². The Hall–Kier alpha value is -0.900. The molecule has 1 heterocycles. The van der Waals surface area contributed by atoms with E-state index in [1.165, 1.54) is 0 Å². The molecule has 1 aromatic rings. The molecular weight excluding hydrogens is 128 g/mol. The quantitative estimate of drug-likeness (QED) is 0.591. The van der Waals surface area contributed by atoms with Gasteiger partial charge in [0.1, 0.15) is 6.33 Å². The molecule has 1 aromatic heterocycles. The molecule has 0 atom stereocenters. The zero-order valence-corrected chi connectivity index (χ0v) is 6.09. The maximum Gasteiger partial charge on any atom is 0.164 e. The largest absolute Gasteiger partial charge is 0.310 e. The number of aromatic nitrogens is 3. The van der Waals surface area contributed by atoms with Crippen LogP contribution in [-0.2, 0) is 6.54 Å². The molecule has 0 spiro atoms. The Morgan fingerprint density at radius 3 is 3.20 bits per heavy atom. The van der Waals surface area contributed by atoms with Crippen molar-refractivity contribution < 1.29 is 0 Å². The summed E-state index contributed by atoms with van der Waals surface area (Å²) in [6, 6.07) is 0. The molecular formula is C6H12N4. The van der Waals surface area contributed by atoms with Crippen molar-refractivity contribution in [3.63, 3.8) is 0 Å². The molecule has 4 nitrogen and oxygen atoms in total. The zero-order chi connectivity index (χ0) is 7.23. The average Bonchev–Trinajstić information content (AvgIpc) is 2.41. The number of rotatable bonds is 4. The molecule has 0 radical (unpaired) electrons. The SMILES string of the molecule is CCCNCc1nc[nH]n1. The molecule has 0 aliphatic carbocycles. The maximum absolute atomic E-state index is 3.96. The third-order valence-corrected chi connectivity index (χ3v) is 1.17. The van der Waals surface area contributed by atoms with Crippen molar-refractivity contribution in [1.29, 1.82) is 0 Å². The summed E-state index contributed by atoms with van der Waals surface area (Å²) in [5.41, 5.74) is 0. The molecule has 0 aliphatic heterocycles. The molecule has 4 heteroatoms. The Bertz CT molecular complexity index is 158. The van der Waals surface area contributed by atoms with Gasteiger partial charge in [-0.15, -0.1) is 0 Å². The van der Waals surface area contributed by atoms with Crippen molar-refractivity contribution >= 4 is 0 Å². The van der Waals surface area contributed by atoms with Crippen molar-refractivity contribution in [2.75, 3.05) is 6.54 Å². The highest BCUT2D eigenvalue weighted by atomic mass is 15.2. The second-order valence-electron chi connectivity index (χ2n) is 2.09. The van der Waals surface area contributed by atoms with Crippen LogP contribution < -0.4 is 5.32 Å². The first kappa shape index (κ1) is 7.21. The molecule has 0 unspecified atom stereocenters. The van der Waals surface area contributed by atoms with E-state index < -0.39 is 0 Å². The summed E-state index contributed by atoms with van der Waals surface area (Å²) in [4.78, 5) is 3.96. The molecule has 0 amide bonds. The lowest BCUT2D eigenvalue weighted by Crippen LogP contribution is -2.14. The molecule has 2 N–H and O–H groups in total. The van der Waals surface area contributed by atoms with Gasteiger partial charge in [0.05, 0.1) is 6.54 Å². The van der Waals surface area contributed by atoms with Gasteiger partial charge in [-0.1, -0.05) is 6.92 Å². The monoisotopic (exact) mass is 140 g/mol. The fourth-order valence-corrected chi connectivity index (χ4v) is 0.698. The van der Waals surface area contributed by atoms with E-state index in [0.717, 1.165) is 25.3 Å². The fourth-order valence-electron chi connectivity index (χ4n) is 0.698. The van der Waals surface area contributed by atoms with Crippen molar-refractivity contribution in [3.05, 3.63) is 12.2 Å². The van der Waals surface area contributed by atoms with E-state index in [-0.39, 0.29) is 0 Å². The predicted molar refractivity (Wildman–Crippen MR) is 38.4 cm³/mol. The highest BCUT2D eigenvalue weighted by Gasteiger charge is 1.92. The van der Waals surface area contributed by atoms with Crippen molar-refractivity contribution in [2.45, 2.75) is 19.9 Å². The van der Waals surface area contributed by atoms with E-state index >= 15 is 0 Å². The average molecular weight is 140 g/mol. The number of nitrogens with one attached hydrogen (secondary N) is 2. The minimum atomic E-state index is 0.761. The van der Waals surface area contributed by atoms with Crippen LogP contribution in [0.4, 0.5) is 0 Å². The van der Waals surface area contributed by atoms with Gasteiger partial charge in [0.2, 0.25) is 0 Å². The fraction of sp³-hybridized carbons (Fsp3) is 0.667. The Morgan fingerprint density at radius 2 is 2.60 bits per heavy atom. The van der Waals surface area contributed by atoms with Gasteiger partial charge in [-0.3, -0.25) is 5.10 Å². The van der Waals surface area contributed by atoms with Crippen molar-refractivity contribution in [1.82, 2.24) is 20.5 Å². The van der Waals surface area contributed by atoms with Crippen molar-refractivity contribution in [2.24, 2.45) is 0 Å². The standard InChI is InChI=1S/C6H12N4/c1-2-3-7-4-6-8-5-9-10-6/h5,7H,2-4H2,1H3,(H,8,9,10). The number of hydrogen-bond acceptors (Lipinski definition) is 3. The Balaban J connectivity index is 2.15. The van der Waals surface area contributed by atoms with Crippen LogP contribution in [0.1, 0.15) is 19.2 Å². The van der Waals surface area contributed by atoms with E-state index in [9.17, 15) is 0 Å². The van der Waals surface area contributed by atoms with Gasteiger partial charge in [-0.25, -0.2) is 4.98 Å². The van der Waals surface area contributed by atoms with Crippen LogP contribution in [0.25, 0.3) is 0 Å². The van der Waals surface area contributed by atoms with E-state index in [1.807, 2.05) is 0 Å². The normalized spacial score (nSPS) is 10.1. The first-order chi connectivity index (χ1) is 4.93. The van der Waals surface area contributed by atoms with Gasteiger partial charge in [0.25, 0.3) is 0 Å². The van der Waals surface area contributed by atoms with Crippen LogP contribution in [0.2, 0.25) is 0 Å². The first-order valence-electron chi connectivity index (χ1n) is 3.49. The minimum Gasteiger partial charge on any atom is -0.310 e. The highest BCUT2D eigenvalue weighted by molar-refractivity contribution is 4.77. The molecule has 56 valence electrons. The second-order valence-corrected chi connectivity index (χ2v) is 2.09. The lowest BCUT2D eigenvalue weighted by molar-refractivity contribution is 0.652. The highest BCUT2D eigenvalue weighted by Crippen LogP contribution is 1.82. The van der Waals surface area contributed by atoms with E-state index in [1.54, 1.807) is 6.33 Å². The number of nitrogens with zero attached hydrogens (tertiary/aromatic N) is 2. The molecule has 0 fully saturated rings. The van der Waals surface area contributed by atoms with Gasteiger partial charge in [0, 0.05) is 0 Å². The summed E-state index contributed by atoms with van der Waals surface area (Å²) in [5, 5.41) is 9.74. The van der Waals surface area contributed by atoms with Gasteiger partial charge in [-0.05, 0) is 13.0 Å². The first-order valence-corrected chi connectivity index (χ1v) is 3.49. The third kappa shape index (κ3) is 2.14. The second kappa shape index (κ2) is 4.00. The van der Waals surface area contributed by atoms with E-state index in [2.05, 4.69) is 27.4 Å². The van der Waals surface area contributed by atoms with Gasteiger partial charge in [0.15, 0.2) is 5.82 Å². The van der Waals surface area contributed by atoms with E-state index in [4.69, 9.17) is 0 Å². The topological polar surface area (TPSA) is 53.6 Å². The number of aromatic amines is 1. The summed E-state index contributed by atoms with van der Waals surface area (Å²) in [6.45, 7) is 3.91. The van der Waals surface area contributed by atoms with Gasteiger partial charge >= 0.3 is 0 Å². The molecule has 0 aliphatic rings. The number of hydrogen-bond donors (Lipinski definition) is 2. The molecule has 0 saturated heterocycles. The summed E-state index contributed by atoms with van der Waals surface area (Å²) >= 11 is 0. The zero-order valence-electron chi connectivity index (χ0n) is 6.09. The minimum absolute atomic E-state index is 0.761. The molecule has 1 rings (SSSR count). The smallest absolute Gasteiger partial charge is 0.164 e. The van der Waals surface area contributed by atoms with E-state index in [0.29, 0.717) is 0 Å².